The molecule has 4 heterocycles. The maximum Gasteiger partial charge on any atom is 0.262 e. The van der Waals surface area contributed by atoms with Gasteiger partial charge in [-0.05, 0) is 99.1 Å². The normalized spacial score (nSPS) is 23.2. The lowest BCUT2D eigenvalue weighted by Crippen LogP contribution is -2.35. The van der Waals surface area contributed by atoms with Crippen molar-refractivity contribution < 1.29 is 9.47 Å². The van der Waals surface area contributed by atoms with Crippen LogP contribution in [0.25, 0.3) is 16.5 Å². The van der Waals surface area contributed by atoms with E-state index >= 15 is 0 Å². The second-order valence-electron chi connectivity index (χ2n) is 9.83. The molecule has 2 aromatic carbocycles. The summed E-state index contributed by atoms with van der Waals surface area (Å²) >= 11 is 0. The van der Waals surface area contributed by atoms with Crippen LogP contribution < -0.4 is 15.2 Å². The molecule has 3 saturated heterocycles. The Hall–Kier alpha value is -2.83. The molecule has 0 unspecified atom stereocenters. The zero-order chi connectivity index (χ0) is 22.9. The van der Waals surface area contributed by atoms with Gasteiger partial charge in [0, 0.05) is 48.7 Å². The summed E-state index contributed by atoms with van der Waals surface area (Å²) in [5.41, 5.74) is 2.13. The first kappa shape index (κ1) is 21.7. The quantitative estimate of drug-likeness (QED) is 0.552. The van der Waals surface area contributed by atoms with Gasteiger partial charge in [-0.3, -0.25) is 14.3 Å². The molecule has 0 amide bonds. The van der Waals surface area contributed by atoms with Gasteiger partial charge in [0.2, 0.25) is 0 Å². The summed E-state index contributed by atoms with van der Waals surface area (Å²) in [5, 5.41) is 1.59. The Labute approximate surface area is 200 Å². The monoisotopic (exact) mass is 459 g/mol. The van der Waals surface area contributed by atoms with Gasteiger partial charge in [0.05, 0.1) is 6.10 Å². The highest BCUT2D eigenvalue weighted by Gasteiger charge is 2.29. The van der Waals surface area contributed by atoms with Crippen molar-refractivity contribution in [2.75, 3.05) is 44.3 Å². The van der Waals surface area contributed by atoms with E-state index in [1.54, 1.807) is 4.57 Å². The molecule has 0 N–H and O–H groups in total. The SMILES string of the molecule is O=c1c2ccc(OC[C@@H]3CCCO3)cc2ccn1-c1ccc(N2CC[C@@H](N3CCCC3)C2)cc1. The molecule has 2 atom stereocenters. The summed E-state index contributed by atoms with van der Waals surface area (Å²) in [6.45, 7) is 6.10. The molecule has 0 spiro atoms. The minimum atomic E-state index is -0.00815. The molecule has 34 heavy (non-hydrogen) atoms. The van der Waals surface area contributed by atoms with E-state index in [0.29, 0.717) is 18.0 Å². The van der Waals surface area contributed by atoms with Crippen LogP contribution in [0.5, 0.6) is 5.75 Å². The maximum atomic E-state index is 13.2. The number of aromatic nitrogens is 1. The Morgan fingerprint density at radius 1 is 0.912 bits per heavy atom. The summed E-state index contributed by atoms with van der Waals surface area (Å²) in [5.74, 6) is 0.780. The van der Waals surface area contributed by atoms with E-state index in [1.807, 2.05) is 30.5 Å². The average Bonchev–Trinajstić information content (AvgIpc) is 3.66. The van der Waals surface area contributed by atoms with E-state index in [2.05, 4.69) is 34.1 Å². The van der Waals surface area contributed by atoms with Gasteiger partial charge in [0.15, 0.2) is 0 Å². The fraction of sp³-hybridized carbons (Fsp3) is 0.464. The van der Waals surface area contributed by atoms with E-state index in [9.17, 15) is 4.79 Å². The van der Waals surface area contributed by atoms with Crippen molar-refractivity contribution in [2.24, 2.45) is 0 Å². The van der Waals surface area contributed by atoms with Crippen molar-refractivity contribution in [3.63, 3.8) is 0 Å². The van der Waals surface area contributed by atoms with E-state index < -0.39 is 0 Å². The minimum absolute atomic E-state index is 0.00815. The Morgan fingerprint density at radius 2 is 1.74 bits per heavy atom. The first-order valence-corrected chi connectivity index (χ1v) is 12.7. The van der Waals surface area contributed by atoms with Crippen LogP contribution in [-0.4, -0.2) is 61.0 Å². The predicted molar refractivity (Wildman–Crippen MR) is 135 cm³/mol. The number of pyridine rings is 1. The Balaban J connectivity index is 1.16. The maximum absolute atomic E-state index is 13.2. The average molecular weight is 460 g/mol. The number of hydrogen-bond donors (Lipinski definition) is 0. The Morgan fingerprint density at radius 3 is 2.53 bits per heavy atom. The van der Waals surface area contributed by atoms with Crippen LogP contribution in [-0.2, 0) is 4.74 Å². The number of anilines is 1. The molecule has 6 heteroatoms. The lowest BCUT2D eigenvalue weighted by Gasteiger charge is -2.24. The molecule has 0 bridgehead atoms. The third kappa shape index (κ3) is 4.32. The van der Waals surface area contributed by atoms with Gasteiger partial charge >= 0.3 is 0 Å². The van der Waals surface area contributed by atoms with Gasteiger partial charge in [0.1, 0.15) is 12.4 Å². The first-order chi connectivity index (χ1) is 16.7. The standard InChI is InChI=1S/C28H33N3O3/c32-28-27-10-9-25(34-20-26-4-3-17-33-26)18-21(27)11-16-31(28)23-7-5-22(6-8-23)30-15-12-24(19-30)29-13-1-2-14-29/h5-11,16,18,24,26H,1-4,12-15,17,19-20H2/t24-,26+/m1/s1. The molecule has 1 aromatic heterocycles. The van der Waals surface area contributed by atoms with Gasteiger partial charge in [-0.25, -0.2) is 0 Å². The summed E-state index contributed by atoms with van der Waals surface area (Å²) in [4.78, 5) is 18.4. The number of rotatable bonds is 6. The van der Waals surface area contributed by atoms with Gasteiger partial charge in [-0.2, -0.15) is 0 Å². The molecule has 3 aliphatic rings. The molecule has 0 radical (unpaired) electrons. The minimum Gasteiger partial charge on any atom is -0.491 e. The van der Waals surface area contributed by atoms with Crippen LogP contribution >= 0.6 is 0 Å². The largest absolute Gasteiger partial charge is 0.491 e. The summed E-state index contributed by atoms with van der Waals surface area (Å²) in [7, 11) is 0. The van der Waals surface area contributed by atoms with Crippen LogP contribution in [0, 0.1) is 0 Å². The second-order valence-corrected chi connectivity index (χ2v) is 9.83. The number of nitrogens with zero attached hydrogens (tertiary/aromatic N) is 3. The molecular formula is C28H33N3O3. The fourth-order valence-electron chi connectivity index (χ4n) is 5.69. The van der Waals surface area contributed by atoms with Crippen molar-refractivity contribution in [3.8, 4) is 11.4 Å². The number of hydrogen-bond acceptors (Lipinski definition) is 5. The van der Waals surface area contributed by atoms with E-state index in [4.69, 9.17) is 9.47 Å². The molecule has 3 aliphatic heterocycles. The highest BCUT2D eigenvalue weighted by Crippen LogP contribution is 2.26. The molecular weight excluding hydrogens is 426 g/mol. The number of ether oxygens (including phenoxy) is 2. The van der Waals surface area contributed by atoms with E-state index in [0.717, 1.165) is 49.4 Å². The van der Waals surface area contributed by atoms with Crippen molar-refractivity contribution in [1.82, 2.24) is 9.47 Å². The molecule has 3 fully saturated rings. The van der Waals surface area contributed by atoms with Crippen LogP contribution in [0.15, 0.2) is 59.5 Å². The van der Waals surface area contributed by atoms with Crippen LogP contribution in [0.3, 0.4) is 0 Å². The third-order valence-electron chi connectivity index (χ3n) is 7.65. The molecule has 0 aliphatic carbocycles. The molecule has 6 nitrogen and oxygen atoms in total. The molecule has 178 valence electrons. The van der Waals surface area contributed by atoms with Crippen molar-refractivity contribution in [3.05, 3.63) is 65.1 Å². The van der Waals surface area contributed by atoms with Crippen molar-refractivity contribution >= 4 is 16.5 Å². The highest BCUT2D eigenvalue weighted by atomic mass is 16.5. The van der Waals surface area contributed by atoms with Crippen LogP contribution in [0.1, 0.15) is 32.1 Å². The lowest BCUT2D eigenvalue weighted by molar-refractivity contribution is 0.0680. The highest BCUT2D eigenvalue weighted by molar-refractivity contribution is 5.83. The molecule has 3 aromatic rings. The van der Waals surface area contributed by atoms with Crippen LogP contribution in [0.2, 0.25) is 0 Å². The van der Waals surface area contributed by atoms with Gasteiger partial charge in [-0.15, -0.1) is 0 Å². The number of benzene rings is 2. The van der Waals surface area contributed by atoms with E-state index in [-0.39, 0.29) is 11.7 Å². The van der Waals surface area contributed by atoms with Gasteiger partial charge in [-0.1, -0.05) is 0 Å². The van der Waals surface area contributed by atoms with E-state index in [1.165, 1.54) is 38.0 Å². The van der Waals surface area contributed by atoms with Crippen LogP contribution in [0.4, 0.5) is 5.69 Å². The topological polar surface area (TPSA) is 46.9 Å². The van der Waals surface area contributed by atoms with Gasteiger partial charge in [0.25, 0.3) is 5.56 Å². The zero-order valence-corrected chi connectivity index (χ0v) is 19.7. The molecule has 0 saturated carbocycles. The summed E-state index contributed by atoms with van der Waals surface area (Å²) in [6.07, 6.45) is 8.12. The Kier molecular flexibility index (Phi) is 6.02. The fourth-order valence-corrected chi connectivity index (χ4v) is 5.69. The summed E-state index contributed by atoms with van der Waals surface area (Å²) in [6, 6.07) is 16.8. The number of fused-ring (bicyclic) bond motifs is 1. The smallest absolute Gasteiger partial charge is 0.262 e. The van der Waals surface area contributed by atoms with Gasteiger partial charge < -0.3 is 14.4 Å². The summed E-state index contributed by atoms with van der Waals surface area (Å²) < 4.78 is 13.3. The lowest BCUT2D eigenvalue weighted by atomic mass is 10.1. The molecule has 6 rings (SSSR count). The number of likely N-dealkylation sites (tertiary alicyclic amines) is 1. The Bertz CT molecular complexity index is 1190. The third-order valence-corrected chi connectivity index (χ3v) is 7.65. The first-order valence-electron chi connectivity index (χ1n) is 12.7. The predicted octanol–water partition coefficient (Wildman–Crippen LogP) is 4.22. The van der Waals surface area contributed by atoms with Crippen molar-refractivity contribution in [1.29, 1.82) is 0 Å². The zero-order valence-electron chi connectivity index (χ0n) is 19.7. The second kappa shape index (κ2) is 9.43. The van der Waals surface area contributed by atoms with Crippen molar-refractivity contribution in [2.45, 2.75) is 44.2 Å².